The average Bonchev–Trinajstić information content (AvgIpc) is 3.54. The van der Waals surface area contributed by atoms with E-state index in [9.17, 15) is 9.59 Å². The zero-order chi connectivity index (χ0) is 23.5. The number of halogens is 1. The van der Waals surface area contributed by atoms with Crippen molar-refractivity contribution in [2.75, 3.05) is 18.4 Å². The van der Waals surface area contributed by atoms with E-state index in [1.807, 2.05) is 35.2 Å². The van der Waals surface area contributed by atoms with Crippen LogP contribution in [0.3, 0.4) is 0 Å². The molecule has 1 aliphatic heterocycles. The molecule has 0 atom stereocenters. The van der Waals surface area contributed by atoms with E-state index in [-0.39, 0.29) is 17.7 Å². The van der Waals surface area contributed by atoms with Crippen LogP contribution in [0, 0.1) is 0 Å². The third-order valence-electron chi connectivity index (χ3n) is 5.90. The third kappa shape index (κ3) is 5.08. The second-order valence-electron chi connectivity index (χ2n) is 8.21. The molecule has 7 nitrogen and oxygen atoms in total. The lowest BCUT2D eigenvalue weighted by molar-refractivity contribution is 0.0996. The number of hydrogen-bond donors (Lipinski definition) is 2. The summed E-state index contributed by atoms with van der Waals surface area (Å²) in [6.45, 7) is 1.82. The second kappa shape index (κ2) is 9.87. The Kier molecular flexibility index (Phi) is 6.51. The van der Waals surface area contributed by atoms with E-state index in [0.717, 1.165) is 33.6 Å². The van der Waals surface area contributed by atoms with Gasteiger partial charge in [-0.2, -0.15) is 0 Å². The number of hydrogen-bond acceptors (Lipinski definition) is 5. The number of aromatic nitrogens is 1. The zero-order valence-corrected chi connectivity index (χ0v) is 19.9. The van der Waals surface area contributed by atoms with E-state index in [1.54, 1.807) is 35.6 Å². The number of nitrogens with one attached hydrogen (secondary N) is 2. The fraction of sp³-hybridized carbons (Fsp3) is 0.240. The van der Waals surface area contributed by atoms with Crippen molar-refractivity contribution in [2.24, 2.45) is 0 Å². The summed E-state index contributed by atoms with van der Waals surface area (Å²) >= 11 is 7.80. The summed E-state index contributed by atoms with van der Waals surface area (Å²) in [5.41, 5.74) is 2.56. The van der Waals surface area contributed by atoms with E-state index in [1.165, 1.54) is 6.26 Å². The van der Waals surface area contributed by atoms with Gasteiger partial charge in [-0.25, -0.2) is 9.78 Å². The second-order valence-corrected chi connectivity index (χ2v) is 9.71. The molecule has 3 heterocycles. The van der Waals surface area contributed by atoms with Crippen LogP contribution in [-0.4, -0.2) is 34.9 Å². The Morgan fingerprint density at radius 1 is 1.12 bits per heavy atom. The molecule has 34 heavy (non-hydrogen) atoms. The predicted molar refractivity (Wildman–Crippen MR) is 134 cm³/mol. The fourth-order valence-electron chi connectivity index (χ4n) is 4.02. The molecule has 174 valence electrons. The van der Waals surface area contributed by atoms with Crippen LogP contribution in [0.2, 0.25) is 5.02 Å². The summed E-state index contributed by atoms with van der Waals surface area (Å²) < 4.78 is 6.24. The molecule has 5 rings (SSSR count). The minimum atomic E-state index is -0.302. The van der Waals surface area contributed by atoms with Gasteiger partial charge in [0, 0.05) is 36.3 Å². The molecule has 0 unspecified atom stereocenters. The monoisotopic (exact) mass is 494 g/mol. The Hall–Kier alpha value is -3.36. The molecule has 0 spiro atoms. The van der Waals surface area contributed by atoms with Crippen LogP contribution in [-0.2, 0) is 6.54 Å². The Morgan fingerprint density at radius 3 is 2.65 bits per heavy atom. The molecule has 3 amide bonds. The molecule has 0 saturated carbocycles. The summed E-state index contributed by atoms with van der Waals surface area (Å²) in [4.78, 5) is 31.3. The molecule has 0 radical (unpaired) electrons. The molecule has 2 N–H and O–H groups in total. The maximum Gasteiger partial charge on any atom is 0.317 e. The van der Waals surface area contributed by atoms with Gasteiger partial charge in [0.1, 0.15) is 0 Å². The third-order valence-corrected chi connectivity index (χ3v) is 7.33. The van der Waals surface area contributed by atoms with Crippen LogP contribution < -0.4 is 10.6 Å². The normalized spacial score (nSPS) is 14.3. The first-order valence-corrected chi connectivity index (χ1v) is 12.3. The van der Waals surface area contributed by atoms with Gasteiger partial charge < -0.3 is 20.0 Å². The summed E-state index contributed by atoms with van der Waals surface area (Å²) in [6.07, 6.45) is 3.25. The number of nitrogens with zero attached hydrogens (tertiary/aromatic N) is 2. The highest BCUT2D eigenvalue weighted by molar-refractivity contribution is 7.18. The van der Waals surface area contributed by atoms with Crippen LogP contribution >= 0.6 is 22.9 Å². The lowest BCUT2D eigenvalue weighted by Crippen LogP contribution is -2.43. The van der Waals surface area contributed by atoms with Crippen LogP contribution in [0.4, 0.5) is 10.5 Å². The number of carbonyl (C=O) groups excluding carboxylic acids is 2. The lowest BCUT2D eigenvalue weighted by atomic mass is 9.98. The summed E-state index contributed by atoms with van der Waals surface area (Å²) in [5, 5.41) is 7.59. The number of anilines is 1. The Labute approximate surface area is 205 Å². The molecule has 1 saturated heterocycles. The quantitative estimate of drug-likeness (QED) is 0.362. The zero-order valence-electron chi connectivity index (χ0n) is 18.3. The van der Waals surface area contributed by atoms with E-state index >= 15 is 0 Å². The number of thiazole rings is 1. The molecule has 1 fully saturated rings. The number of fused-ring (bicyclic) bond motifs is 1. The van der Waals surface area contributed by atoms with Crippen molar-refractivity contribution < 1.29 is 14.0 Å². The first-order valence-electron chi connectivity index (χ1n) is 11.1. The van der Waals surface area contributed by atoms with Crippen LogP contribution in [0.5, 0.6) is 0 Å². The Morgan fingerprint density at radius 2 is 1.91 bits per heavy atom. The largest absolute Gasteiger partial charge is 0.459 e. The van der Waals surface area contributed by atoms with Crippen LogP contribution in [0.25, 0.3) is 10.2 Å². The van der Waals surface area contributed by atoms with Crippen LogP contribution in [0.15, 0.2) is 65.3 Å². The number of urea groups is 1. The van der Waals surface area contributed by atoms with Gasteiger partial charge in [0.2, 0.25) is 0 Å². The molecular weight excluding hydrogens is 472 g/mol. The van der Waals surface area contributed by atoms with Crippen molar-refractivity contribution in [1.29, 1.82) is 0 Å². The molecule has 2 aromatic heterocycles. The van der Waals surface area contributed by atoms with E-state index in [4.69, 9.17) is 21.0 Å². The number of piperidine rings is 1. The van der Waals surface area contributed by atoms with E-state index in [2.05, 4.69) is 10.6 Å². The first-order chi connectivity index (χ1) is 16.5. The molecule has 4 aromatic rings. The van der Waals surface area contributed by atoms with Crippen LogP contribution in [0.1, 0.15) is 39.9 Å². The molecule has 0 aliphatic carbocycles. The summed E-state index contributed by atoms with van der Waals surface area (Å²) in [7, 11) is 0. The number of likely N-dealkylation sites (tertiary alicyclic amines) is 1. The predicted octanol–water partition coefficient (Wildman–Crippen LogP) is 5.88. The number of carbonyl (C=O) groups is 2. The van der Waals surface area contributed by atoms with Crippen molar-refractivity contribution in [3.63, 3.8) is 0 Å². The average molecular weight is 495 g/mol. The number of furan rings is 1. The standard InChI is InChI=1S/C25H23ClN4O3S/c26-18-5-8-22-20(14-18)29-24(34-22)17-9-11-30(12-10-17)25(32)27-15-16-3-6-19(7-4-16)28-23(31)21-2-1-13-33-21/h1-8,13-14,17H,9-12,15H2,(H,27,32)(H,28,31). The maximum absolute atomic E-state index is 12.7. The number of benzene rings is 2. The minimum absolute atomic E-state index is 0.0651. The molecule has 9 heteroatoms. The SMILES string of the molecule is O=C(Nc1ccc(CNC(=O)N2CCC(c3nc4cc(Cl)ccc4s3)CC2)cc1)c1ccco1. The van der Waals surface area contributed by atoms with Crippen molar-refractivity contribution in [1.82, 2.24) is 15.2 Å². The molecular formula is C25H23ClN4O3S. The molecule has 1 aliphatic rings. The van der Waals surface area contributed by atoms with Gasteiger partial charge >= 0.3 is 6.03 Å². The summed E-state index contributed by atoms with van der Waals surface area (Å²) in [5.74, 6) is 0.320. The highest BCUT2D eigenvalue weighted by atomic mass is 35.5. The minimum Gasteiger partial charge on any atom is -0.459 e. The highest BCUT2D eigenvalue weighted by Gasteiger charge is 2.26. The van der Waals surface area contributed by atoms with Crippen molar-refractivity contribution >= 4 is 50.8 Å². The fourth-order valence-corrected chi connectivity index (χ4v) is 5.30. The molecule has 0 bridgehead atoms. The van der Waals surface area contributed by atoms with Gasteiger partial charge in [-0.3, -0.25) is 4.79 Å². The van der Waals surface area contributed by atoms with Gasteiger partial charge in [-0.05, 0) is 60.9 Å². The van der Waals surface area contributed by atoms with E-state index < -0.39 is 0 Å². The van der Waals surface area contributed by atoms with Crippen molar-refractivity contribution in [3.8, 4) is 0 Å². The number of rotatable bonds is 5. The van der Waals surface area contributed by atoms with Crippen molar-refractivity contribution in [3.05, 3.63) is 82.2 Å². The van der Waals surface area contributed by atoms with Crippen molar-refractivity contribution in [2.45, 2.75) is 25.3 Å². The summed E-state index contributed by atoms with van der Waals surface area (Å²) in [6, 6.07) is 16.4. The lowest BCUT2D eigenvalue weighted by Gasteiger charge is -2.31. The van der Waals surface area contributed by atoms with E-state index in [0.29, 0.717) is 36.3 Å². The van der Waals surface area contributed by atoms with Gasteiger partial charge in [0.05, 0.1) is 21.5 Å². The van der Waals surface area contributed by atoms with Gasteiger partial charge in [-0.15, -0.1) is 11.3 Å². The van der Waals surface area contributed by atoms with Gasteiger partial charge in [0.25, 0.3) is 5.91 Å². The Balaban J connectivity index is 1.10. The first kappa shape index (κ1) is 22.4. The molecule has 2 aromatic carbocycles. The maximum atomic E-state index is 12.7. The topological polar surface area (TPSA) is 87.5 Å². The van der Waals surface area contributed by atoms with Gasteiger partial charge in [0.15, 0.2) is 5.76 Å². The van der Waals surface area contributed by atoms with Gasteiger partial charge in [-0.1, -0.05) is 23.7 Å². The number of amides is 3. The smallest absolute Gasteiger partial charge is 0.317 e. The highest BCUT2D eigenvalue weighted by Crippen LogP contribution is 2.34. The Bertz CT molecular complexity index is 1300.